The molecule has 0 atom stereocenters. The Balaban J connectivity index is 2.27. The molecule has 2 rings (SSSR count). The molecule has 0 amide bonds. The third-order valence-electron chi connectivity index (χ3n) is 3.80. The Morgan fingerprint density at radius 1 is 0.778 bits per heavy atom. The van der Waals surface area contributed by atoms with Crippen molar-refractivity contribution in [2.75, 3.05) is 27.6 Å². The minimum absolute atomic E-state index is 0.0445. The fraction of sp³-hybridized carbons (Fsp3) is 0.294. The molecule has 2 aromatic rings. The van der Waals surface area contributed by atoms with Gasteiger partial charge >= 0.3 is 0 Å². The average Bonchev–Trinajstić information content (AvgIpc) is 2.64. The Hall–Kier alpha value is -2.30. The van der Waals surface area contributed by atoms with Crippen molar-refractivity contribution in [3.8, 4) is 17.2 Å². The smallest absolute Gasteiger partial charge is 0.240 e. The standard InChI is InChI=1S/C17H21NO7S2/c1-23-15-10-5-12(16(24-2)17(15)25-3)11-18-27(21,22)14-8-6-13(7-9-14)26(4,19)20/h5-10,18H,11H2,1-4H3. The molecule has 0 unspecified atom stereocenters. The first-order chi connectivity index (χ1) is 12.6. The van der Waals surface area contributed by atoms with Crippen molar-refractivity contribution < 1.29 is 31.0 Å². The molecule has 0 saturated carbocycles. The lowest BCUT2D eigenvalue weighted by Gasteiger charge is -2.16. The van der Waals surface area contributed by atoms with Crippen LogP contribution in [0.5, 0.6) is 17.2 Å². The van der Waals surface area contributed by atoms with Crippen molar-refractivity contribution in [1.82, 2.24) is 4.72 Å². The highest BCUT2D eigenvalue weighted by atomic mass is 32.2. The molecule has 8 nitrogen and oxygen atoms in total. The van der Waals surface area contributed by atoms with E-state index in [-0.39, 0.29) is 16.3 Å². The van der Waals surface area contributed by atoms with Crippen LogP contribution >= 0.6 is 0 Å². The first kappa shape index (κ1) is 21.0. The quantitative estimate of drug-likeness (QED) is 0.697. The van der Waals surface area contributed by atoms with Crippen molar-refractivity contribution in [1.29, 1.82) is 0 Å². The van der Waals surface area contributed by atoms with Crippen LogP contribution in [-0.4, -0.2) is 44.4 Å². The number of rotatable bonds is 8. The Kier molecular flexibility index (Phi) is 6.34. The predicted octanol–water partition coefficient (Wildman–Crippen LogP) is 1.59. The van der Waals surface area contributed by atoms with Crippen molar-refractivity contribution in [2.24, 2.45) is 0 Å². The van der Waals surface area contributed by atoms with E-state index in [1.54, 1.807) is 12.1 Å². The van der Waals surface area contributed by atoms with Crippen molar-refractivity contribution in [3.05, 3.63) is 42.0 Å². The molecule has 0 saturated heterocycles. The van der Waals surface area contributed by atoms with Crippen LogP contribution in [0.25, 0.3) is 0 Å². The van der Waals surface area contributed by atoms with Crippen LogP contribution in [0.3, 0.4) is 0 Å². The fourth-order valence-electron chi connectivity index (χ4n) is 2.42. The van der Waals surface area contributed by atoms with E-state index in [1.807, 2.05) is 0 Å². The van der Waals surface area contributed by atoms with E-state index in [1.165, 1.54) is 45.6 Å². The Morgan fingerprint density at radius 2 is 1.33 bits per heavy atom. The van der Waals surface area contributed by atoms with E-state index in [2.05, 4.69) is 4.72 Å². The minimum atomic E-state index is -3.85. The molecule has 0 bridgehead atoms. The molecule has 0 spiro atoms. The molecular weight excluding hydrogens is 394 g/mol. The predicted molar refractivity (Wildman–Crippen MR) is 99.7 cm³/mol. The Bertz CT molecular complexity index is 1010. The van der Waals surface area contributed by atoms with Gasteiger partial charge in [0, 0.05) is 18.4 Å². The highest BCUT2D eigenvalue weighted by molar-refractivity contribution is 7.90. The summed E-state index contributed by atoms with van der Waals surface area (Å²) in [7, 11) is -2.87. The number of methoxy groups -OCH3 is 3. The summed E-state index contributed by atoms with van der Waals surface area (Å²) in [4.78, 5) is -0.00245. The van der Waals surface area contributed by atoms with Crippen LogP contribution in [0.15, 0.2) is 46.2 Å². The fourth-order valence-corrected chi connectivity index (χ4v) is 4.06. The Morgan fingerprint density at radius 3 is 1.81 bits per heavy atom. The van der Waals surface area contributed by atoms with Gasteiger partial charge in [-0.05, 0) is 30.3 Å². The lowest BCUT2D eigenvalue weighted by Crippen LogP contribution is -2.23. The second-order valence-electron chi connectivity index (χ2n) is 5.56. The number of sulfone groups is 1. The zero-order chi connectivity index (χ0) is 20.2. The topological polar surface area (TPSA) is 108 Å². The maximum atomic E-state index is 12.5. The van der Waals surface area contributed by atoms with Gasteiger partial charge in [0.05, 0.1) is 31.1 Å². The summed E-state index contributed by atoms with van der Waals surface area (Å²) < 4.78 is 66.2. The third kappa shape index (κ3) is 4.71. The number of hydrogen-bond donors (Lipinski definition) is 1. The van der Waals surface area contributed by atoms with Crippen LogP contribution in [-0.2, 0) is 26.4 Å². The van der Waals surface area contributed by atoms with Crippen LogP contribution in [0, 0.1) is 0 Å². The van der Waals surface area contributed by atoms with E-state index >= 15 is 0 Å². The summed E-state index contributed by atoms with van der Waals surface area (Å²) in [5.41, 5.74) is 0.548. The van der Waals surface area contributed by atoms with E-state index in [0.29, 0.717) is 22.8 Å². The SMILES string of the molecule is COc1ccc(CNS(=O)(=O)c2ccc(S(C)(=O)=O)cc2)c(OC)c1OC. The third-order valence-corrected chi connectivity index (χ3v) is 6.35. The van der Waals surface area contributed by atoms with E-state index < -0.39 is 19.9 Å². The number of nitrogens with one attached hydrogen (secondary N) is 1. The van der Waals surface area contributed by atoms with Crippen molar-refractivity contribution >= 4 is 19.9 Å². The molecule has 2 aromatic carbocycles. The van der Waals surface area contributed by atoms with E-state index in [0.717, 1.165) is 6.26 Å². The van der Waals surface area contributed by atoms with Crippen LogP contribution in [0.1, 0.15) is 5.56 Å². The van der Waals surface area contributed by atoms with Gasteiger partial charge in [0.15, 0.2) is 21.3 Å². The molecule has 0 aliphatic carbocycles. The highest BCUT2D eigenvalue weighted by Crippen LogP contribution is 2.39. The molecular formula is C17H21NO7S2. The number of benzene rings is 2. The van der Waals surface area contributed by atoms with E-state index in [9.17, 15) is 16.8 Å². The number of hydrogen-bond acceptors (Lipinski definition) is 7. The molecule has 148 valence electrons. The van der Waals surface area contributed by atoms with E-state index in [4.69, 9.17) is 14.2 Å². The van der Waals surface area contributed by atoms with Gasteiger partial charge in [0.2, 0.25) is 15.8 Å². The monoisotopic (exact) mass is 415 g/mol. The summed E-state index contributed by atoms with van der Waals surface area (Å²) in [5.74, 6) is 1.17. The van der Waals surface area contributed by atoms with Crippen LogP contribution in [0.2, 0.25) is 0 Å². The van der Waals surface area contributed by atoms with Gasteiger partial charge in [-0.25, -0.2) is 21.6 Å². The second-order valence-corrected chi connectivity index (χ2v) is 9.34. The maximum Gasteiger partial charge on any atom is 0.240 e. The average molecular weight is 415 g/mol. The molecule has 1 N–H and O–H groups in total. The zero-order valence-electron chi connectivity index (χ0n) is 15.3. The number of ether oxygens (including phenoxy) is 3. The molecule has 10 heteroatoms. The normalized spacial score (nSPS) is 11.9. The summed E-state index contributed by atoms with van der Waals surface area (Å²) in [6, 6.07) is 8.29. The Labute approximate surface area is 159 Å². The van der Waals surface area contributed by atoms with Gasteiger partial charge in [-0.2, -0.15) is 0 Å². The number of sulfonamides is 1. The van der Waals surface area contributed by atoms with Gasteiger partial charge in [-0.15, -0.1) is 0 Å². The molecule has 0 aromatic heterocycles. The first-order valence-corrected chi connectivity index (χ1v) is 11.1. The second kappa shape index (κ2) is 8.15. The molecule has 0 fully saturated rings. The summed E-state index contributed by atoms with van der Waals surface area (Å²) >= 11 is 0. The van der Waals surface area contributed by atoms with Gasteiger partial charge in [-0.3, -0.25) is 0 Å². The first-order valence-electron chi connectivity index (χ1n) is 7.71. The van der Waals surface area contributed by atoms with Crippen molar-refractivity contribution in [3.63, 3.8) is 0 Å². The van der Waals surface area contributed by atoms with Crippen LogP contribution in [0.4, 0.5) is 0 Å². The summed E-state index contributed by atoms with van der Waals surface area (Å²) in [6.07, 6.45) is 1.05. The maximum absolute atomic E-state index is 12.5. The lowest BCUT2D eigenvalue weighted by molar-refractivity contribution is 0.322. The van der Waals surface area contributed by atoms with Gasteiger partial charge in [0.1, 0.15) is 0 Å². The van der Waals surface area contributed by atoms with Crippen molar-refractivity contribution in [2.45, 2.75) is 16.3 Å². The molecule has 0 aliphatic rings. The molecule has 0 radical (unpaired) electrons. The molecule has 0 heterocycles. The van der Waals surface area contributed by atoms with Gasteiger partial charge in [-0.1, -0.05) is 6.07 Å². The lowest BCUT2D eigenvalue weighted by atomic mass is 10.1. The largest absolute Gasteiger partial charge is 0.493 e. The highest BCUT2D eigenvalue weighted by Gasteiger charge is 2.19. The van der Waals surface area contributed by atoms with Crippen LogP contribution < -0.4 is 18.9 Å². The molecule has 0 aliphatic heterocycles. The molecule has 27 heavy (non-hydrogen) atoms. The summed E-state index contributed by atoms with van der Waals surface area (Å²) in [5, 5.41) is 0. The minimum Gasteiger partial charge on any atom is -0.493 e. The van der Waals surface area contributed by atoms with Gasteiger partial charge < -0.3 is 14.2 Å². The van der Waals surface area contributed by atoms with Gasteiger partial charge in [0.25, 0.3) is 0 Å². The zero-order valence-corrected chi connectivity index (χ0v) is 17.0. The summed E-state index contributed by atoms with van der Waals surface area (Å²) in [6.45, 7) is -0.0559.